The van der Waals surface area contributed by atoms with Gasteiger partial charge in [0, 0.05) is 7.11 Å². The number of nitrogen functional groups attached to an aromatic ring is 2. The number of imidazole rings is 2. The largest absolute Gasteiger partial charge is 0.472 e. The number of fused-ring (bicyclic) bond motifs is 2. The molecule has 0 radical (unpaired) electrons. The quantitative estimate of drug-likeness (QED) is 0.102. The Bertz CT molecular complexity index is 1850. The van der Waals surface area contributed by atoms with Gasteiger partial charge in [-0.15, -0.1) is 0 Å². The molecule has 0 aliphatic carbocycles. The van der Waals surface area contributed by atoms with Crippen molar-refractivity contribution in [3.05, 3.63) is 29.3 Å². The summed E-state index contributed by atoms with van der Waals surface area (Å²) in [6.07, 6.45) is -6.71. The van der Waals surface area contributed by atoms with Crippen molar-refractivity contribution in [2.45, 2.75) is 49.1 Å². The van der Waals surface area contributed by atoms with E-state index in [2.05, 4.69) is 29.9 Å². The molecule has 21 nitrogen and oxygen atoms in total. The van der Waals surface area contributed by atoms with Crippen LogP contribution in [0.15, 0.2) is 23.8 Å². The zero-order valence-electron chi connectivity index (χ0n) is 23.9. The van der Waals surface area contributed by atoms with E-state index in [0.717, 1.165) is 0 Å². The van der Waals surface area contributed by atoms with E-state index in [4.69, 9.17) is 43.9 Å². The van der Waals surface area contributed by atoms with Gasteiger partial charge >= 0.3 is 16.5 Å². The standard InChI is InChI=1S/C21H26BFN10O11P2/c1-38-13-7(2-39-45-35)42-20(33-6-29-11-17(33)30-21(25)31-18(11)34)14(13)44-46(36,37)40-3-8-12(43-22)9(23)19(41-8)32-5-28-10-15(24)26-4-27-16(10)32/h4-9,12-14,19-20H,2-3,22H2,1H3,(H,36,37)(H2,24,26,27)(H3,25,30,31,34). The number of nitrogens with one attached hydrogen (secondary N) is 1. The SMILES string of the molecule is BOC1C(COP(=O)(O)OC2C(OC)C(COP=O)OC2n2cnc3c(=O)[nH]c(N)nc32)OC(n2cnc3c(N)ncnc32)C1F. The highest BCUT2D eigenvalue weighted by Gasteiger charge is 2.52. The highest BCUT2D eigenvalue weighted by molar-refractivity contribution is 7.47. The number of phosphoric acid groups is 1. The number of aromatic nitrogens is 8. The fourth-order valence-corrected chi connectivity index (χ4v) is 6.57. The van der Waals surface area contributed by atoms with E-state index in [1.165, 1.54) is 43.3 Å². The van der Waals surface area contributed by atoms with Crippen LogP contribution in [0.3, 0.4) is 0 Å². The van der Waals surface area contributed by atoms with Crippen LogP contribution >= 0.6 is 16.5 Å². The highest BCUT2D eigenvalue weighted by Crippen LogP contribution is 2.50. The van der Waals surface area contributed by atoms with Crippen LogP contribution in [0, 0.1) is 0 Å². The van der Waals surface area contributed by atoms with Crippen LogP contribution in [0.5, 0.6) is 0 Å². The summed E-state index contributed by atoms with van der Waals surface area (Å²) in [6, 6.07) is 0. The zero-order valence-corrected chi connectivity index (χ0v) is 25.6. The summed E-state index contributed by atoms with van der Waals surface area (Å²) < 4.78 is 80.8. The average molecular weight is 686 g/mol. The van der Waals surface area contributed by atoms with E-state index < -0.39 is 77.8 Å². The van der Waals surface area contributed by atoms with Crippen LogP contribution in [0.2, 0.25) is 0 Å². The minimum Gasteiger partial charge on any atom is -0.436 e. The van der Waals surface area contributed by atoms with Crippen molar-refractivity contribution in [2.75, 3.05) is 31.8 Å². The van der Waals surface area contributed by atoms with E-state index >= 15 is 4.39 Å². The second kappa shape index (κ2) is 13.0. The van der Waals surface area contributed by atoms with Crippen molar-refractivity contribution in [1.29, 1.82) is 0 Å². The summed E-state index contributed by atoms with van der Waals surface area (Å²) in [7, 11) is -3.16. The van der Waals surface area contributed by atoms with Crippen molar-refractivity contribution in [1.82, 2.24) is 39.0 Å². The van der Waals surface area contributed by atoms with Gasteiger partial charge in [0.05, 0.1) is 25.9 Å². The lowest BCUT2D eigenvalue weighted by Crippen LogP contribution is -2.37. The van der Waals surface area contributed by atoms with Crippen LogP contribution in [0.25, 0.3) is 22.3 Å². The van der Waals surface area contributed by atoms with E-state index in [9.17, 15) is 18.8 Å². The molecule has 25 heteroatoms. The third kappa shape index (κ3) is 5.90. The average Bonchev–Trinajstić information content (AvgIpc) is 3.78. The second-order valence-electron chi connectivity index (χ2n) is 10.0. The number of nitrogens with zero attached hydrogens (tertiary/aromatic N) is 7. The molecule has 6 rings (SSSR count). The van der Waals surface area contributed by atoms with Gasteiger partial charge in [-0.25, -0.2) is 33.5 Å². The number of halogens is 1. The second-order valence-corrected chi connectivity index (χ2v) is 11.9. The number of H-pyrrole nitrogens is 1. The molecule has 4 aromatic rings. The van der Waals surface area contributed by atoms with Gasteiger partial charge in [0.2, 0.25) is 5.95 Å². The molecule has 6 heterocycles. The smallest absolute Gasteiger partial charge is 0.436 e. The molecule has 0 saturated carbocycles. The van der Waals surface area contributed by atoms with E-state index in [1.54, 1.807) is 0 Å². The Balaban J connectivity index is 1.23. The van der Waals surface area contributed by atoms with Crippen molar-refractivity contribution in [3.8, 4) is 0 Å². The molecule has 2 saturated heterocycles. The first-order valence-electron chi connectivity index (χ1n) is 13.3. The lowest BCUT2D eigenvalue weighted by atomic mass is 10.1. The maximum absolute atomic E-state index is 15.6. The van der Waals surface area contributed by atoms with Crippen molar-refractivity contribution >= 4 is 58.7 Å². The molecular weight excluding hydrogens is 660 g/mol. The number of ether oxygens (including phenoxy) is 3. The van der Waals surface area contributed by atoms with E-state index in [1.807, 2.05) is 0 Å². The summed E-state index contributed by atoms with van der Waals surface area (Å²) in [5, 5.41) is 0. The number of alkyl halides is 1. The molecule has 9 atom stereocenters. The minimum atomic E-state index is -5.02. The van der Waals surface area contributed by atoms with Gasteiger partial charge in [-0.3, -0.25) is 32.5 Å². The number of anilines is 2. The van der Waals surface area contributed by atoms with Gasteiger partial charge in [-0.2, -0.15) is 4.98 Å². The number of hydrogen-bond acceptors (Lipinski definition) is 17. The molecule has 0 spiro atoms. The molecule has 2 aliphatic rings. The first kappa shape index (κ1) is 32.4. The lowest BCUT2D eigenvalue weighted by molar-refractivity contribution is -0.0573. The van der Waals surface area contributed by atoms with Gasteiger partial charge in [0.15, 0.2) is 41.3 Å². The predicted molar refractivity (Wildman–Crippen MR) is 153 cm³/mol. The minimum absolute atomic E-state index is 0.0340. The maximum atomic E-state index is 15.6. The molecule has 46 heavy (non-hydrogen) atoms. The fourth-order valence-electron chi connectivity index (χ4n) is 5.44. The molecule has 0 amide bonds. The Hall–Kier alpha value is -3.50. The van der Waals surface area contributed by atoms with Gasteiger partial charge in [-0.05, 0) is 0 Å². The van der Waals surface area contributed by atoms with Gasteiger partial charge < -0.3 is 35.2 Å². The van der Waals surface area contributed by atoms with Crippen molar-refractivity contribution in [2.24, 2.45) is 0 Å². The number of phosphoric ester groups is 1. The number of aromatic amines is 1. The van der Waals surface area contributed by atoms with Crippen molar-refractivity contribution in [3.63, 3.8) is 0 Å². The number of methoxy groups -OCH3 is 1. The fraction of sp³-hybridized carbons (Fsp3) is 0.524. The van der Waals surface area contributed by atoms with Crippen LogP contribution < -0.4 is 17.0 Å². The number of hydrogen-bond donors (Lipinski definition) is 4. The van der Waals surface area contributed by atoms with Crippen LogP contribution in [-0.2, 0) is 41.6 Å². The van der Waals surface area contributed by atoms with Gasteiger partial charge in [0.25, 0.3) is 13.6 Å². The highest BCUT2D eigenvalue weighted by atomic mass is 31.2. The Morgan fingerprint density at radius 3 is 2.48 bits per heavy atom. The third-order valence-electron chi connectivity index (χ3n) is 7.43. The van der Waals surface area contributed by atoms with Gasteiger partial charge in [-0.1, -0.05) is 0 Å². The zero-order chi connectivity index (χ0) is 32.7. The Morgan fingerprint density at radius 2 is 1.76 bits per heavy atom. The van der Waals surface area contributed by atoms with Crippen molar-refractivity contribution < 1.29 is 50.9 Å². The molecule has 0 aromatic carbocycles. The molecule has 6 N–H and O–H groups in total. The first-order chi connectivity index (χ1) is 22.1. The topological polar surface area (TPSA) is 278 Å². The third-order valence-corrected chi connectivity index (χ3v) is 8.67. The molecule has 4 aromatic heterocycles. The van der Waals surface area contributed by atoms with Crippen LogP contribution in [0.4, 0.5) is 16.2 Å². The summed E-state index contributed by atoms with van der Waals surface area (Å²) in [5.41, 5.74) is 11.2. The molecule has 9 unspecified atom stereocenters. The Morgan fingerprint density at radius 1 is 1.07 bits per heavy atom. The Labute approximate surface area is 259 Å². The summed E-state index contributed by atoms with van der Waals surface area (Å²) in [4.78, 5) is 45.7. The molecule has 2 fully saturated rings. The van der Waals surface area contributed by atoms with E-state index in [0.29, 0.717) is 0 Å². The Kier molecular flexibility index (Phi) is 9.14. The summed E-state index contributed by atoms with van der Waals surface area (Å²) in [6.45, 7) is -0.949. The normalized spacial score (nSPS) is 29.6. The molecule has 246 valence electrons. The monoisotopic (exact) mass is 686 g/mol. The first-order valence-corrected chi connectivity index (χ1v) is 15.6. The number of rotatable bonds is 12. The van der Waals surface area contributed by atoms with Crippen LogP contribution in [-0.4, -0.2) is 109 Å². The molecule has 2 aliphatic heterocycles. The summed E-state index contributed by atoms with van der Waals surface area (Å²) in [5.74, 6) is -0.147. The molecular formula is C21H26BFN10O11P2. The maximum Gasteiger partial charge on any atom is 0.472 e. The van der Waals surface area contributed by atoms with Crippen LogP contribution in [0.1, 0.15) is 12.5 Å². The number of nitrogens with two attached hydrogens (primary N) is 2. The molecule has 0 bridgehead atoms. The lowest BCUT2D eigenvalue weighted by Gasteiger charge is -2.26. The van der Waals surface area contributed by atoms with Gasteiger partial charge in [0.1, 0.15) is 42.4 Å². The van der Waals surface area contributed by atoms with E-state index in [-0.39, 0.29) is 40.7 Å². The predicted octanol–water partition coefficient (Wildman–Crippen LogP) is -1.07. The summed E-state index contributed by atoms with van der Waals surface area (Å²) >= 11 is 0.